The summed E-state index contributed by atoms with van der Waals surface area (Å²) in [5, 5.41) is 1.90. The average molecular weight is 303 g/mol. The van der Waals surface area contributed by atoms with Crippen LogP contribution < -0.4 is 15.2 Å². The van der Waals surface area contributed by atoms with Crippen molar-refractivity contribution in [1.29, 1.82) is 0 Å². The molecule has 1 aromatic carbocycles. The van der Waals surface area contributed by atoms with Crippen molar-refractivity contribution in [2.45, 2.75) is 0 Å². The molecule has 0 unspecified atom stereocenters. The summed E-state index contributed by atoms with van der Waals surface area (Å²) in [5.41, 5.74) is 5.36. The van der Waals surface area contributed by atoms with Crippen LogP contribution in [0.3, 0.4) is 0 Å². The van der Waals surface area contributed by atoms with E-state index in [1.165, 1.54) is 36.7 Å². The SMILES string of the molecule is COc1ccc(C(N)=O)c(OC(=O)/C=C/c2cccs2)c1. The lowest BCUT2D eigenvalue weighted by atomic mass is 10.2. The minimum absolute atomic E-state index is 0.0719. The van der Waals surface area contributed by atoms with Crippen LogP contribution >= 0.6 is 11.3 Å². The summed E-state index contributed by atoms with van der Waals surface area (Å²) in [5.74, 6) is -0.741. The molecular weight excluding hydrogens is 290 g/mol. The molecule has 0 saturated carbocycles. The molecule has 0 spiro atoms. The van der Waals surface area contributed by atoms with Gasteiger partial charge >= 0.3 is 5.97 Å². The number of hydrogen-bond acceptors (Lipinski definition) is 5. The van der Waals surface area contributed by atoms with Gasteiger partial charge in [0.2, 0.25) is 0 Å². The Balaban J connectivity index is 2.17. The van der Waals surface area contributed by atoms with Gasteiger partial charge in [-0.3, -0.25) is 4.79 Å². The number of amides is 1. The molecule has 0 aliphatic heterocycles. The van der Waals surface area contributed by atoms with Crippen LogP contribution in [0.5, 0.6) is 11.5 Å². The number of carbonyl (C=O) groups is 2. The van der Waals surface area contributed by atoms with E-state index in [2.05, 4.69) is 0 Å². The van der Waals surface area contributed by atoms with Crippen LogP contribution in [0, 0.1) is 0 Å². The third kappa shape index (κ3) is 3.93. The maximum absolute atomic E-state index is 11.8. The fraction of sp³-hybridized carbons (Fsp3) is 0.0667. The smallest absolute Gasteiger partial charge is 0.336 e. The first kappa shape index (κ1) is 14.8. The third-order valence-electron chi connectivity index (χ3n) is 2.59. The zero-order valence-electron chi connectivity index (χ0n) is 11.2. The monoisotopic (exact) mass is 303 g/mol. The van der Waals surface area contributed by atoms with E-state index >= 15 is 0 Å². The lowest BCUT2D eigenvalue weighted by Crippen LogP contribution is -2.15. The van der Waals surface area contributed by atoms with Crippen LogP contribution in [0.15, 0.2) is 41.8 Å². The van der Waals surface area contributed by atoms with Crippen molar-refractivity contribution in [3.63, 3.8) is 0 Å². The van der Waals surface area contributed by atoms with Gasteiger partial charge in [0.1, 0.15) is 11.5 Å². The minimum atomic E-state index is -0.678. The zero-order valence-corrected chi connectivity index (χ0v) is 12.1. The molecule has 0 saturated heterocycles. The highest BCUT2D eigenvalue weighted by Gasteiger charge is 2.13. The Morgan fingerprint density at radius 2 is 2.10 bits per heavy atom. The number of methoxy groups -OCH3 is 1. The molecular formula is C15H13NO4S. The molecule has 0 aliphatic carbocycles. The number of ether oxygens (including phenoxy) is 2. The van der Waals surface area contributed by atoms with Crippen LogP contribution in [-0.2, 0) is 4.79 Å². The topological polar surface area (TPSA) is 78.6 Å². The molecule has 2 aromatic rings. The molecule has 5 nitrogen and oxygen atoms in total. The largest absolute Gasteiger partial charge is 0.497 e. The summed E-state index contributed by atoms with van der Waals surface area (Å²) in [4.78, 5) is 24.0. The van der Waals surface area contributed by atoms with Crippen LogP contribution in [-0.4, -0.2) is 19.0 Å². The number of esters is 1. The molecule has 1 amide bonds. The molecule has 108 valence electrons. The molecule has 0 aliphatic rings. The Labute approximate surface area is 125 Å². The summed E-state index contributed by atoms with van der Waals surface area (Å²) in [6.07, 6.45) is 2.92. The summed E-state index contributed by atoms with van der Waals surface area (Å²) < 4.78 is 10.2. The standard InChI is InChI=1S/C15H13NO4S/c1-19-10-4-6-12(15(16)18)13(9-10)20-14(17)7-5-11-3-2-8-21-11/h2-9H,1H3,(H2,16,18)/b7-5+. The van der Waals surface area contributed by atoms with Crippen molar-refractivity contribution in [3.8, 4) is 11.5 Å². The van der Waals surface area contributed by atoms with E-state index in [0.29, 0.717) is 5.75 Å². The molecule has 0 atom stereocenters. The van der Waals surface area contributed by atoms with E-state index < -0.39 is 11.9 Å². The van der Waals surface area contributed by atoms with Gasteiger partial charge in [-0.2, -0.15) is 0 Å². The molecule has 2 rings (SSSR count). The molecule has 1 heterocycles. The Morgan fingerprint density at radius 3 is 2.71 bits per heavy atom. The van der Waals surface area contributed by atoms with E-state index in [1.54, 1.807) is 12.1 Å². The number of primary amides is 1. The number of benzene rings is 1. The van der Waals surface area contributed by atoms with E-state index in [4.69, 9.17) is 15.2 Å². The summed E-state index contributed by atoms with van der Waals surface area (Å²) in [6.45, 7) is 0. The third-order valence-corrected chi connectivity index (χ3v) is 3.43. The van der Waals surface area contributed by atoms with Crippen molar-refractivity contribution in [2.75, 3.05) is 7.11 Å². The summed E-state index contributed by atoms with van der Waals surface area (Å²) in [6, 6.07) is 8.21. The van der Waals surface area contributed by atoms with Gasteiger partial charge in [0.05, 0.1) is 12.7 Å². The normalized spacial score (nSPS) is 10.5. The highest BCUT2D eigenvalue weighted by Crippen LogP contribution is 2.25. The predicted molar refractivity (Wildman–Crippen MR) is 80.5 cm³/mol. The minimum Gasteiger partial charge on any atom is -0.497 e. The maximum Gasteiger partial charge on any atom is 0.336 e. The maximum atomic E-state index is 11.8. The first-order valence-electron chi connectivity index (χ1n) is 6.01. The number of thiophene rings is 1. The zero-order chi connectivity index (χ0) is 15.2. The molecule has 2 N–H and O–H groups in total. The number of carbonyl (C=O) groups excluding carboxylic acids is 2. The number of hydrogen-bond donors (Lipinski definition) is 1. The number of nitrogens with two attached hydrogens (primary N) is 1. The molecule has 0 fully saturated rings. The van der Waals surface area contributed by atoms with Gasteiger partial charge in [0, 0.05) is 17.0 Å². The Hall–Kier alpha value is -2.60. The fourth-order valence-corrected chi connectivity index (χ4v) is 2.21. The van der Waals surface area contributed by atoms with Crippen LogP contribution in [0.4, 0.5) is 0 Å². The summed E-state index contributed by atoms with van der Waals surface area (Å²) in [7, 11) is 1.47. The Kier molecular flexibility index (Phi) is 4.73. The molecule has 1 aromatic heterocycles. The van der Waals surface area contributed by atoms with Gasteiger partial charge in [0.15, 0.2) is 0 Å². The van der Waals surface area contributed by atoms with Crippen LogP contribution in [0.25, 0.3) is 6.08 Å². The van der Waals surface area contributed by atoms with Crippen molar-refractivity contribution < 1.29 is 19.1 Å². The quantitative estimate of drug-likeness (QED) is 0.523. The molecule has 6 heteroatoms. The average Bonchev–Trinajstić information content (AvgIpc) is 2.98. The molecule has 0 radical (unpaired) electrons. The van der Waals surface area contributed by atoms with E-state index in [-0.39, 0.29) is 11.3 Å². The van der Waals surface area contributed by atoms with Crippen molar-refractivity contribution in [2.24, 2.45) is 5.73 Å². The Morgan fingerprint density at radius 1 is 1.29 bits per heavy atom. The Bertz CT molecular complexity index is 677. The summed E-state index contributed by atoms with van der Waals surface area (Å²) >= 11 is 1.50. The van der Waals surface area contributed by atoms with Gasteiger partial charge < -0.3 is 15.2 Å². The van der Waals surface area contributed by atoms with E-state index in [9.17, 15) is 9.59 Å². The number of rotatable bonds is 5. The highest BCUT2D eigenvalue weighted by atomic mass is 32.1. The van der Waals surface area contributed by atoms with Gasteiger partial charge in [-0.05, 0) is 29.7 Å². The van der Waals surface area contributed by atoms with Crippen molar-refractivity contribution in [3.05, 3.63) is 52.2 Å². The second-order valence-electron chi connectivity index (χ2n) is 4.00. The van der Waals surface area contributed by atoms with Crippen LogP contribution in [0.2, 0.25) is 0 Å². The van der Waals surface area contributed by atoms with Crippen LogP contribution in [0.1, 0.15) is 15.2 Å². The van der Waals surface area contributed by atoms with E-state index in [1.807, 2.05) is 17.5 Å². The van der Waals surface area contributed by atoms with Gasteiger partial charge in [-0.1, -0.05) is 6.07 Å². The lowest BCUT2D eigenvalue weighted by Gasteiger charge is -2.08. The van der Waals surface area contributed by atoms with Gasteiger partial charge in [-0.15, -0.1) is 11.3 Å². The second kappa shape index (κ2) is 6.71. The predicted octanol–water partition coefficient (Wildman–Crippen LogP) is 2.47. The fourth-order valence-electron chi connectivity index (χ4n) is 1.60. The molecule has 21 heavy (non-hydrogen) atoms. The second-order valence-corrected chi connectivity index (χ2v) is 4.98. The molecule has 0 bridgehead atoms. The van der Waals surface area contributed by atoms with Gasteiger partial charge in [-0.25, -0.2) is 4.79 Å². The van der Waals surface area contributed by atoms with Crippen molar-refractivity contribution >= 4 is 29.3 Å². The lowest BCUT2D eigenvalue weighted by molar-refractivity contribution is -0.128. The van der Waals surface area contributed by atoms with E-state index in [0.717, 1.165) is 4.88 Å². The first-order valence-corrected chi connectivity index (χ1v) is 6.89. The van der Waals surface area contributed by atoms with Crippen molar-refractivity contribution in [1.82, 2.24) is 0 Å². The first-order chi connectivity index (χ1) is 10.1. The highest BCUT2D eigenvalue weighted by molar-refractivity contribution is 7.10. The van der Waals surface area contributed by atoms with Gasteiger partial charge in [0.25, 0.3) is 5.91 Å².